The van der Waals surface area contributed by atoms with Crippen molar-refractivity contribution in [1.82, 2.24) is 9.97 Å². The third-order valence-corrected chi connectivity index (χ3v) is 7.36. The summed E-state index contributed by atoms with van der Waals surface area (Å²) in [6, 6.07) is 19.7. The molecule has 4 aromatic rings. The molecule has 0 fully saturated rings. The normalized spacial score (nSPS) is 10.7. The molecule has 6 heteroatoms. The van der Waals surface area contributed by atoms with E-state index in [1.807, 2.05) is 60.7 Å². The van der Waals surface area contributed by atoms with Crippen molar-refractivity contribution >= 4 is 34.0 Å². The molecule has 0 radical (unpaired) electrons. The van der Waals surface area contributed by atoms with E-state index in [9.17, 15) is 0 Å². The number of hydrogen-bond donors (Lipinski definition) is 0. The molecule has 24 heavy (non-hydrogen) atoms. The van der Waals surface area contributed by atoms with Gasteiger partial charge in [-0.2, -0.15) is 0 Å². The predicted molar refractivity (Wildman–Crippen MR) is 93.7 cm³/mol. The Morgan fingerprint density at radius 3 is 1.62 bits per heavy atom. The van der Waals surface area contributed by atoms with Crippen LogP contribution in [0.3, 0.4) is 0 Å². The Hall–Kier alpha value is -1.78. The first-order valence-electron chi connectivity index (χ1n) is 7.37. The Bertz CT molecular complexity index is 920. The third kappa shape index (κ3) is 3.21. The summed E-state index contributed by atoms with van der Waals surface area (Å²) >= 11 is 0.864. The summed E-state index contributed by atoms with van der Waals surface area (Å²) in [5, 5.41) is 2.09. The van der Waals surface area contributed by atoms with E-state index >= 15 is 0 Å². The van der Waals surface area contributed by atoms with E-state index in [1.54, 1.807) is 12.4 Å². The van der Waals surface area contributed by atoms with Crippen LogP contribution >= 0.6 is 12.2 Å². The van der Waals surface area contributed by atoms with Crippen LogP contribution in [-0.4, -0.2) is 9.97 Å². The van der Waals surface area contributed by atoms with Crippen molar-refractivity contribution in [2.24, 2.45) is 0 Å². The number of rotatable bonds is 4. The maximum absolute atomic E-state index is 6.08. The topological polar surface area (TPSA) is 44.2 Å². The van der Waals surface area contributed by atoms with Crippen molar-refractivity contribution in [3.63, 3.8) is 0 Å². The number of aromatic nitrogens is 2. The number of para-hydroxylation sites is 2. The van der Waals surface area contributed by atoms with Crippen LogP contribution in [0.15, 0.2) is 73.1 Å². The monoisotopic (exact) mass is 457 g/mol. The molecule has 0 amide bonds. The van der Waals surface area contributed by atoms with Gasteiger partial charge in [-0.3, -0.25) is 0 Å². The zero-order valence-corrected chi connectivity index (χ0v) is 16.6. The SMILES string of the molecule is [Br][Zr]([O]c1cccc2cccnc12)[O]c1cccc2cccnc12. The van der Waals surface area contributed by atoms with Gasteiger partial charge in [0.25, 0.3) is 0 Å². The van der Waals surface area contributed by atoms with Crippen molar-refractivity contribution in [3.8, 4) is 11.5 Å². The number of fused-ring (bicyclic) bond motifs is 2. The Balaban J connectivity index is 1.61. The summed E-state index contributed by atoms with van der Waals surface area (Å²) in [7, 11) is 0. The van der Waals surface area contributed by atoms with Crippen molar-refractivity contribution in [1.29, 1.82) is 0 Å². The number of pyridine rings is 2. The molecule has 4 rings (SSSR count). The van der Waals surface area contributed by atoms with Crippen molar-refractivity contribution in [3.05, 3.63) is 73.1 Å². The average Bonchev–Trinajstić information content (AvgIpc) is 2.62. The van der Waals surface area contributed by atoms with Gasteiger partial charge >= 0.3 is 154 Å². The molecule has 0 N–H and O–H groups in total. The van der Waals surface area contributed by atoms with E-state index in [1.165, 1.54) is 0 Å². The maximum atomic E-state index is 6.08. The molecule has 0 bridgehead atoms. The first kappa shape index (κ1) is 15.7. The van der Waals surface area contributed by atoms with Crippen LogP contribution < -0.4 is 5.63 Å². The molecule has 4 nitrogen and oxygen atoms in total. The van der Waals surface area contributed by atoms with Gasteiger partial charge in [-0.1, -0.05) is 0 Å². The van der Waals surface area contributed by atoms with Gasteiger partial charge in [0, 0.05) is 0 Å². The van der Waals surface area contributed by atoms with Crippen LogP contribution in [0.5, 0.6) is 11.5 Å². The zero-order valence-electron chi connectivity index (χ0n) is 12.5. The van der Waals surface area contributed by atoms with Gasteiger partial charge in [0.1, 0.15) is 0 Å². The summed E-state index contributed by atoms with van der Waals surface area (Å²) in [5.74, 6) is 1.49. The van der Waals surface area contributed by atoms with E-state index in [0.29, 0.717) is 0 Å². The molecule has 0 aliphatic heterocycles. The minimum atomic E-state index is -2.76. The van der Waals surface area contributed by atoms with Gasteiger partial charge < -0.3 is 0 Å². The van der Waals surface area contributed by atoms with Crippen LogP contribution in [0, 0.1) is 0 Å². The van der Waals surface area contributed by atoms with E-state index in [2.05, 4.69) is 22.2 Å². The molecule has 0 aliphatic rings. The first-order chi connectivity index (χ1) is 11.8. The molecule has 0 saturated carbocycles. The van der Waals surface area contributed by atoms with Crippen LogP contribution in [0.25, 0.3) is 21.8 Å². The van der Waals surface area contributed by atoms with Crippen molar-refractivity contribution in [2.45, 2.75) is 0 Å². The summed E-state index contributed by atoms with van der Waals surface area (Å²) < 4.78 is 12.2. The quantitative estimate of drug-likeness (QED) is 0.431. The van der Waals surface area contributed by atoms with E-state index in [-0.39, 0.29) is 0 Å². The van der Waals surface area contributed by atoms with E-state index in [4.69, 9.17) is 5.63 Å². The fourth-order valence-corrected chi connectivity index (χ4v) is 6.34. The fourth-order valence-electron chi connectivity index (χ4n) is 2.51. The number of halogens is 1. The van der Waals surface area contributed by atoms with E-state index in [0.717, 1.165) is 33.3 Å². The molecule has 2 aromatic carbocycles. The third-order valence-electron chi connectivity index (χ3n) is 3.57. The van der Waals surface area contributed by atoms with Gasteiger partial charge in [-0.15, -0.1) is 0 Å². The van der Waals surface area contributed by atoms with Crippen LogP contribution in [0.4, 0.5) is 0 Å². The molecule has 0 atom stereocenters. The second kappa shape index (κ2) is 7.00. The standard InChI is InChI=1S/2C9H7NO.BrH.Zr/c2*11-8-5-1-3-7-4-2-6-10-9(7)8;;/h2*1-6,11H;1H;/q;;;+3/p-3. The Morgan fingerprint density at radius 1 is 0.667 bits per heavy atom. The molecular weight excluding hydrogens is 447 g/mol. The summed E-state index contributed by atoms with van der Waals surface area (Å²) in [6.45, 7) is 0. The van der Waals surface area contributed by atoms with E-state index < -0.39 is 20.3 Å². The zero-order chi connectivity index (χ0) is 16.4. The van der Waals surface area contributed by atoms with Crippen LogP contribution in [0.1, 0.15) is 0 Å². The number of hydrogen-bond acceptors (Lipinski definition) is 4. The molecule has 0 saturated heterocycles. The van der Waals surface area contributed by atoms with Gasteiger partial charge in [0.2, 0.25) is 0 Å². The molecule has 117 valence electrons. The van der Waals surface area contributed by atoms with Crippen LogP contribution in [-0.2, 0) is 20.3 Å². The van der Waals surface area contributed by atoms with Gasteiger partial charge in [0.05, 0.1) is 0 Å². The summed E-state index contributed by atoms with van der Waals surface area (Å²) in [6.07, 6.45) is 3.53. The van der Waals surface area contributed by atoms with Crippen molar-refractivity contribution < 1.29 is 25.9 Å². The summed E-state index contributed by atoms with van der Waals surface area (Å²) in [5.41, 5.74) is 1.69. The predicted octanol–water partition coefficient (Wildman–Crippen LogP) is 5.00. The molecule has 0 aliphatic carbocycles. The Morgan fingerprint density at radius 2 is 1.12 bits per heavy atom. The molecule has 2 aromatic heterocycles. The van der Waals surface area contributed by atoms with Crippen molar-refractivity contribution in [2.75, 3.05) is 0 Å². The summed E-state index contributed by atoms with van der Waals surface area (Å²) in [4.78, 5) is 8.82. The molecule has 0 spiro atoms. The minimum absolute atomic E-state index is 0.743. The fraction of sp³-hybridized carbons (Fsp3) is 0. The Kier molecular flexibility index (Phi) is 4.59. The van der Waals surface area contributed by atoms with Gasteiger partial charge in [-0.05, 0) is 0 Å². The van der Waals surface area contributed by atoms with Gasteiger partial charge in [0.15, 0.2) is 0 Å². The van der Waals surface area contributed by atoms with Crippen LogP contribution in [0.2, 0.25) is 0 Å². The second-order valence-electron chi connectivity index (χ2n) is 5.10. The molecule has 0 unspecified atom stereocenters. The molecular formula is C18H12BrN2O2Zr. The number of benzene rings is 2. The van der Waals surface area contributed by atoms with Gasteiger partial charge in [-0.25, -0.2) is 0 Å². The Labute approximate surface area is 153 Å². The average molecular weight is 459 g/mol. The molecule has 2 heterocycles. The number of nitrogens with zero attached hydrogens (tertiary/aromatic N) is 2. The first-order valence-corrected chi connectivity index (χ1v) is 15.0. The second-order valence-corrected chi connectivity index (χ2v) is 11.1.